The van der Waals surface area contributed by atoms with Crippen LogP contribution in [0.3, 0.4) is 0 Å². The van der Waals surface area contributed by atoms with Crippen LogP contribution in [0.15, 0.2) is 18.3 Å². The molecule has 1 amide bonds. The third-order valence-electron chi connectivity index (χ3n) is 2.52. The first kappa shape index (κ1) is 12.2. The van der Waals surface area contributed by atoms with Gasteiger partial charge in [-0.1, -0.05) is 6.92 Å². The van der Waals surface area contributed by atoms with Crippen molar-refractivity contribution in [3.05, 3.63) is 29.6 Å². The van der Waals surface area contributed by atoms with Gasteiger partial charge < -0.3 is 5.32 Å². The molecule has 0 aliphatic heterocycles. The molecule has 1 unspecified atom stereocenters. The van der Waals surface area contributed by atoms with E-state index in [1.54, 1.807) is 19.1 Å². The van der Waals surface area contributed by atoms with Crippen molar-refractivity contribution in [2.24, 2.45) is 0 Å². The van der Waals surface area contributed by atoms with Crippen LogP contribution in [0.1, 0.15) is 36.3 Å². The second kappa shape index (κ2) is 4.75. The zero-order valence-corrected chi connectivity index (χ0v) is 9.74. The van der Waals surface area contributed by atoms with Crippen LogP contribution in [0, 0.1) is 18.3 Å². The number of carbonyl (C=O) groups is 1. The second-order valence-electron chi connectivity index (χ2n) is 3.94. The molecule has 0 spiro atoms. The standard InChI is InChI=1S/C12H15N3O/c1-4-12(3,8-13)15-11(16)10-6-5-9(2)14-7-10/h5-7H,4H2,1-3H3,(H,15,16). The Morgan fingerprint density at radius 3 is 2.75 bits per heavy atom. The lowest BCUT2D eigenvalue weighted by molar-refractivity contribution is 0.0922. The third kappa shape index (κ3) is 2.80. The molecule has 0 fully saturated rings. The van der Waals surface area contributed by atoms with Gasteiger partial charge >= 0.3 is 0 Å². The molecule has 1 atom stereocenters. The summed E-state index contributed by atoms with van der Waals surface area (Å²) in [7, 11) is 0. The molecule has 16 heavy (non-hydrogen) atoms. The van der Waals surface area contributed by atoms with Crippen LogP contribution in [0.2, 0.25) is 0 Å². The van der Waals surface area contributed by atoms with Crippen molar-refractivity contribution in [3.63, 3.8) is 0 Å². The van der Waals surface area contributed by atoms with E-state index in [0.29, 0.717) is 12.0 Å². The van der Waals surface area contributed by atoms with Crippen LogP contribution < -0.4 is 5.32 Å². The molecule has 0 bridgehead atoms. The number of hydrogen-bond donors (Lipinski definition) is 1. The Hall–Kier alpha value is -1.89. The highest BCUT2D eigenvalue weighted by atomic mass is 16.1. The number of aromatic nitrogens is 1. The van der Waals surface area contributed by atoms with Crippen molar-refractivity contribution in [2.75, 3.05) is 0 Å². The average Bonchev–Trinajstić information content (AvgIpc) is 2.29. The third-order valence-corrected chi connectivity index (χ3v) is 2.52. The molecular weight excluding hydrogens is 202 g/mol. The number of nitriles is 1. The van der Waals surface area contributed by atoms with Gasteiger partial charge in [0.05, 0.1) is 11.6 Å². The van der Waals surface area contributed by atoms with Gasteiger partial charge in [-0.2, -0.15) is 5.26 Å². The van der Waals surface area contributed by atoms with E-state index in [1.807, 2.05) is 13.8 Å². The predicted molar refractivity (Wildman–Crippen MR) is 60.7 cm³/mol. The van der Waals surface area contributed by atoms with Crippen LogP contribution >= 0.6 is 0 Å². The van der Waals surface area contributed by atoms with E-state index in [-0.39, 0.29) is 5.91 Å². The van der Waals surface area contributed by atoms with E-state index in [1.165, 1.54) is 6.20 Å². The van der Waals surface area contributed by atoms with Crippen LogP contribution in [0.5, 0.6) is 0 Å². The maximum Gasteiger partial charge on any atom is 0.254 e. The predicted octanol–water partition coefficient (Wildman–Crippen LogP) is 1.81. The van der Waals surface area contributed by atoms with Gasteiger partial charge in [0.25, 0.3) is 5.91 Å². The number of amides is 1. The van der Waals surface area contributed by atoms with Crippen molar-refractivity contribution in [2.45, 2.75) is 32.7 Å². The Bertz CT molecular complexity index is 419. The minimum absolute atomic E-state index is 0.265. The van der Waals surface area contributed by atoms with Crippen LogP contribution in [-0.4, -0.2) is 16.4 Å². The molecule has 84 valence electrons. The first-order chi connectivity index (χ1) is 7.50. The van der Waals surface area contributed by atoms with Crippen molar-refractivity contribution < 1.29 is 4.79 Å². The number of rotatable bonds is 3. The molecule has 4 heteroatoms. The molecular formula is C12H15N3O. The van der Waals surface area contributed by atoms with E-state index in [2.05, 4.69) is 16.4 Å². The average molecular weight is 217 g/mol. The van der Waals surface area contributed by atoms with Crippen LogP contribution in [0.25, 0.3) is 0 Å². The van der Waals surface area contributed by atoms with Gasteiger partial charge in [0, 0.05) is 11.9 Å². The molecule has 4 nitrogen and oxygen atoms in total. The normalized spacial score (nSPS) is 13.6. The number of aryl methyl sites for hydroxylation is 1. The Labute approximate surface area is 95.3 Å². The maximum atomic E-state index is 11.8. The molecule has 1 rings (SSSR count). The van der Waals surface area contributed by atoms with Gasteiger partial charge in [0.15, 0.2) is 0 Å². The number of carbonyl (C=O) groups excluding carboxylic acids is 1. The summed E-state index contributed by atoms with van der Waals surface area (Å²) in [4.78, 5) is 15.8. The highest BCUT2D eigenvalue weighted by Crippen LogP contribution is 2.09. The maximum absolute atomic E-state index is 11.8. The van der Waals surface area contributed by atoms with Gasteiger partial charge in [-0.3, -0.25) is 9.78 Å². The number of pyridine rings is 1. The van der Waals surface area contributed by atoms with Gasteiger partial charge in [-0.15, -0.1) is 0 Å². The number of nitrogens with one attached hydrogen (secondary N) is 1. The van der Waals surface area contributed by atoms with E-state index < -0.39 is 5.54 Å². The van der Waals surface area contributed by atoms with E-state index >= 15 is 0 Å². The van der Waals surface area contributed by atoms with Gasteiger partial charge in [0.1, 0.15) is 5.54 Å². The Morgan fingerprint density at radius 1 is 1.62 bits per heavy atom. The summed E-state index contributed by atoms with van der Waals surface area (Å²) in [6.45, 7) is 5.41. The fourth-order valence-corrected chi connectivity index (χ4v) is 1.12. The molecule has 1 heterocycles. The number of nitrogens with zero attached hydrogens (tertiary/aromatic N) is 2. The van der Waals surface area contributed by atoms with Crippen molar-refractivity contribution in [1.29, 1.82) is 5.26 Å². The van der Waals surface area contributed by atoms with Gasteiger partial charge in [0.2, 0.25) is 0 Å². The molecule has 1 N–H and O–H groups in total. The Balaban J connectivity index is 2.81. The minimum atomic E-state index is -0.817. The topological polar surface area (TPSA) is 65.8 Å². The fourth-order valence-electron chi connectivity index (χ4n) is 1.12. The molecule has 1 aromatic rings. The summed E-state index contributed by atoms with van der Waals surface area (Å²) < 4.78 is 0. The van der Waals surface area contributed by atoms with Crippen molar-refractivity contribution in [3.8, 4) is 6.07 Å². The lowest BCUT2D eigenvalue weighted by atomic mass is 10.0. The summed E-state index contributed by atoms with van der Waals surface area (Å²) in [6.07, 6.45) is 2.08. The van der Waals surface area contributed by atoms with Gasteiger partial charge in [-0.05, 0) is 32.4 Å². The van der Waals surface area contributed by atoms with Crippen LogP contribution in [0.4, 0.5) is 0 Å². The summed E-state index contributed by atoms with van der Waals surface area (Å²) >= 11 is 0. The zero-order valence-electron chi connectivity index (χ0n) is 9.74. The zero-order chi connectivity index (χ0) is 12.2. The lowest BCUT2D eigenvalue weighted by Gasteiger charge is -2.21. The summed E-state index contributed by atoms with van der Waals surface area (Å²) in [5.74, 6) is -0.265. The quantitative estimate of drug-likeness (QED) is 0.839. The molecule has 0 aliphatic carbocycles. The highest BCUT2D eigenvalue weighted by Gasteiger charge is 2.24. The summed E-state index contributed by atoms with van der Waals surface area (Å²) in [5, 5.41) is 11.6. The minimum Gasteiger partial charge on any atom is -0.334 e. The molecule has 0 aliphatic rings. The van der Waals surface area contributed by atoms with E-state index in [4.69, 9.17) is 5.26 Å². The number of hydrogen-bond acceptors (Lipinski definition) is 3. The Morgan fingerprint density at radius 2 is 2.31 bits per heavy atom. The highest BCUT2D eigenvalue weighted by molar-refractivity contribution is 5.94. The fraction of sp³-hybridized carbons (Fsp3) is 0.417. The van der Waals surface area contributed by atoms with E-state index in [9.17, 15) is 4.79 Å². The SMILES string of the molecule is CCC(C)(C#N)NC(=O)c1ccc(C)nc1. The van der Waals surface area contributed by atoms with Crippen LogP contribution in [-0.2, 0) is 0 Å². The molecule has 1 aromatic heterocycles. The second-order valence-corrected chi connectivity index (χ2v) is 3.94. The molecule has 0 radical (unpaired) electrons. The molecule has 0 saturated carbocycles. The first-order valence-electron chi connectivity index (χ1n) is 5.17. The molecule has 0 saturated heterocycles. The monoisotopic (exact) mass is 217 g/mol. The summed E-state index contributed by atoms with van der Waals surface area (Å²) in [6, 6.07) is 5.56. The Kier molecular flexibility index (Phi) is 3.62. The molecule has 0 aromatic carbocycles. The van der Waals surface area contributed by atoms with Gasteiger partial charge in [-0.25, -0.2) is 0 Å². The van der Waals surface area contributed by atoms with E-state index in [0.717, 1.165) is 5.69 Å². The van der Waals surface area contributed by atoms with Crippen molar-refractivity contribution >= 4 is 5.91 Å². The lowest BCUT2D eigenvalue weighted by Crippen LogP contribution is -2.44. The first-order valence-corrected chi connectivity index (χ1v) is 5.17. The largest absolute Gasteiger partial charge is 0.334 e. The smallest absolute Gasteiger partial charge is 0.254 e. The summed E-state index contributed by atoms with van der Waals surface area (Å²) in [5.41, 5.74) is 0.512. The van der Waals surface area contributed by atoms with Crippen molar-refractivity contribution in [1.82, 2.24) is 10.3 Å².